The summed E-state index contributed by atoms with van der Waals surface area (Å²) >= 11 is 3.51. The second kappa shape index (κ2) is 6.79. The van der Waals surface area contributed by atoms with E-state index in [0.717, 1.165) is 17.6 Å². The SMILES string of the molecule is O=C(COc1ccc(CNC2CC2)cc1Br)NCC1CC1. The second-order valence-corrected chi connectivity index (χ2v) is 6.81. The molecule has 4 nitrogen and oxygen atoms in total. The van der Waals surface area contributed by atoms with E-state index in [1.165, 1.54) is 31.2 Å². The Morgan fingerprint density at radius 2 is 2.10 bits per heavy atom. The van der Waals surface area contributed by atoms with Crippen molar-refractivity contribution < 1.29 is 9.53 Å². The molecule has 0 heterocycles. The molecule has 1 amide bonds. The third kappa shape index (κ3) is 5.00. The van der Waals surface area contributed by atoms with Gasteiger partial charge in [-0.2, -0.15) is 0 Å². The first-order valence-electron chi connectivity index (χ1n) is 7.62. The number of hydrogen-bond donors (Lipinski definition) is 2. The Bertz CT molecular complexity index is 513. The van der Waals surface area contributed by atoms with E-state index in [1.54, 1.807) is 0 Å². The normalized spacial score (nSPS) is 17.6. The molecular weight excluding hydrogens is 332 g/mol. The molecule has 0 atom stereocenters. The first-order chi connectivity index (χ1) is 10.2. The van der Waals surface area contributed by atoms with Crippen molar-refractivity contribution in [3.63, 3.8) is 0 Å². The lowest BCUT2D eigenvalue weighted by molar-refractivity contribution is -0.123. The maximum Gasteiger partial charge on any atom is 0.257 e. The van der Waals surface area contributed by atoms with Gasteiger partial charge in [0.15, 0.2) is 6.61 Å². The van der Waals surface area contributed by atoms with Gasteiger partial charge in [0.25, 0.3) is 5.91 Å². The molecule has 5 heteroatoms. The highest BCUT2D eigenvalue weighted by Gasteiger charge is 2.22. The van der Waals surface area contributed by atoms with Crippen LogP contribution in [0, 0.1) is 5.92 Å². The summed E-state index contributed by atoms with van der Waals surface area (Å²) in [5.41, 5.74) is 1.22. The molecule has 1 aromatic carbocycles. The van der Waals surface area contributed by atoms with Crippen molar-refractivity contribution in [1.82, 2.24) is 10.6 Å². The molecule has 2 N–H and O–H groups in total. The summed E-state index contributed by atoms with van der Waals surface area (Å²) in [5.74, 6) is 1.36. The fourth-order valence-electron chi connectivity index (χ4n) is 2.10. The minimum absolute atomic E-state index is 0.0479. The molecule has 0 unspecified atom stereocenters. The summed E-state index contributed by atoms with van der Waals surface area (Å²) in [6.07, 6.45) is 5.06. The third-order valence-electron chi connectivity index (χ3n) is 3.81. The molecule has 114 valence electrons. The maximum atomic E-state index is 11.6. The van der Waals surface area contributed by atoms with Crippen molar-refractivity contribution in [3.05, 3.63) is 28.2 Å². The molecule has 0 bridgehead atoms. The number of halogens is 1. The van der Waals surface area contributed by atoms with Gasteiger partial charge < -0.3 is 15.4 Å². The van der Waals surface area contributed by atoms with E-state index < -0.39 is 0 Å². The number of rotatable bonds is 8. The van der Waals surface area contributed by atoms with Crippen LogP contribution in [0.3, 0.4) is 0 Å². The first-order valence-corrected chi connectivity index (χ1v) is 8.41. The van der Waals surface area contributed by atoms with Gasteiger partial charge in [-0.25, -0.2) is 0 Å². The Morgan fingerprint density at radius 1 is 1.29 bits per heavy atom. The van der Waals surface area contributed by atoms with E-state index in [4.69, 9.17) is 4.74 Å². The zero-order valence-electron chi connectivity index (χ0n) is 12.0. The Kier molecular flexibility index (Phi) is 4.80. The summed E-state index contributed by atoms with van der Waals surface area (Å²) in [4.78, 5) is 11.6. The quantitative estimate of drug-likeness (QED) is 0.755. The van der Waals surface area contributed by atoms with E-state index in [0.29, 0.717) is 17.7 Å². The number of hydrogen-bond acceptors (Lipinski definition) is 3. The monoisotopic (exact) mass is 352 g/mol. The highest BCUT2D eigenvalue weighted by atomic mass is 79.9. The lowest BCUT2D eigenvalue weighted by Gasteiger charge is -2.10. The fraction of sp³-hybridized carbons (Fsp3) is 0.562. The van der Waals surface area contributed by atoms with E-state index in [-0.39, 0.29) is 12.5 Å². The molecule has 3 rings (SSSR count). The first kappa shape index (κ1) is 14.9. The van der Waals surface area contributed by atoms with E-state index >= 15 is 0 Å². The van der Waals surface area contributed by atoms with Crippen LogP contribution in [0.1, 0.15) is 31.2 Å². The van der Waals surface area contributed by atoms with Gasteiger partial charge in [-0.3, -0.25) is 4.79 Å². The zero-order valence-corrected chi connectivity index (χ0v) is 13.6. The Hall–Kier alpha value is -1.07. The summed E-state index contributed by atoms with van der Waals surface area (Å²) in [6.45, 7) is 1.74. The van der Waals surface area contributed by atoms with Gasteiger partial charge in [-0.15, -0.1) is 0 Å². The van der Waals surface area contributed by atoms with Gasteiger partial charge in [0, 0.05) is 19.1 Å². The molecule has 2 fully saturated rings. The predicted octanol–water partition coefficient (Wildman–Crippen LogP) is 2.61. The van der Waals surface area contributed by atoms with Crippen molar-refractivity contribution in [2.75, 3.05) is 13.2 Å². The molecule has 0 spiro atoms. The van der Waals surface area contributed by atoms with E-state index in [1.807, 2.05) is 18.2 Å². The van der Waals surface area contributed by atoms with E-state index in [2.05, 4.69) is 26.6 Å². The van der Waals surface area contributed by atoms with Crippen molar-refractivity contribution in [2.24, 2.45) is 5.92 Å². The van der Waals surface area contributed by atoms with Crippen LogP contribution in [0.2, 0.25) is 0 Å². The van der Waals surface area contributed by atoms with Crippen molar-refractivity contribution in [3.8, 4) is 5.75 Å². The van der Waals surface area contributed by atoms with Crippen LogP contribution >= 0.6 is 15.9 Å². The van der Waals surface area contributed by atoms with Gasteiger partial charge in [0.1, 0.15) is 5.75 Å². The molecule has 0 aliphatic heterocycles. The fourth-order valence-corrected chi connectivity index (χ4v) is 2.64. The van der Waals surface area contributed by atoms with Crippen LogP contribution in [0.4, 0.5) is 0 Å². The average molecular weight is 353 g/mol. The van der Waals surface area contributed by atoms with Crippen LogP contribution in [-0.4, -0.2) is 25.1 Å². The Morgan fingerprint density at radius 3 is 2.76 bits per heavy atom. The summed E-state index contributed by atoms with van der Waals surface area (Å²) < 4.78 is 6.46. The topological polar surface area (TPSA) is 50.4 Å². The van der Waals surface area contributed by atoms with Crippen molar-refractivity contribution in [2.45, 2.75) is 38.3 Å². The standard InChI is InChI=1S/C16H21BrN2O2/c17-14-7-12(9-18-13-4-5-13)3-6-15(14)21-10-16(20)19-8-11-1-2-11/h3,6-7,11,13,18H,1-2,4-5,8-10H2,(H,19,20). The van der Waals surface area contributed by atoms with Crippen molar-refractivity contribution >= 4 is 21.8 Å². The minimum atomic E-state index is -0.0479. The predicted molar refractivity (Wildman–Crippen MR) is 85.2 cm³/mol. The van der Waals surface area contributed by atoms with Gasteiger partial charge >= 0.3 is 0 Å². The lowest BCUT2D eigenvalue weighted by atomic mass is 10.2. The highest BCUT2D eigenvalue weighted by molar-refractivity contribution is 9.10. The van der Waals surface area contributed by atoms with Gasteiger partial charge in [0.2, 0.25) is 0 Å². The van der Waals surface area contributed by atoms with Gasteiger partial charge in [0.05, 0.1) is 4.47 Å². The Balaban J connectivity index is 1.44. The van der Waals surface area contributed by atoms with Crippen LogP contribution in [0.15, 0.2) is 22.7 Å². The Labute approximate surface area is 133 Å². The average Bonchev–Trinajstić information content (AvgIpc) is 3.36. The van der Waals surface area contributed by atoms with E-state index in [9.17, 15) is 4.79 Å². The molecule has 0 aromatic heterocycles. The molecule has 2 aliphatic rings. The molecule has 0 saturated heterocycles. The highest BCUT2D eigenvalue weighted by Crippen LogP contribution is 2.28. The molecule has 1 aromatic rings. The number of carbonyl (C=O) groups is 1. The number of nitrogens with one attached hydrogen (secondary N) is 2. The van der Waals surface area contributed by atoms with Crippen LogP contribution < -0.4 is 15.4 Å². The zero-order chi connectivity index (χ0) is 14.7. The summed E-state index contributed by atoms with van der Waals surface area (Å²) in [5, 5.41) is 6.37. The largest absolute Gasteiger partial charge is 0.483 e. The number of carbonyl (C=O) groups excluding carboxylic acids is 1. The minimum Gasteiger partial charge on any atom is -0.483 e. The van der Waals surface area contributed by atoms with Crippen LogP contribution in [-0.2, 0) is 11.3 Å². The third-order valence-corrected chi connectivity index (χ3v) is 4.43. The smallest absolute Gasteiger partial charge is 0.257 e. The van der Waals surface area contributed by atoms with Gasteiger partial charge in [-0.1, -0.05) is 6.07 Å². The molecule has 0 radical (unpaired) electrons. The molecule has 21 heavy (non-hydrogen) atoms. The second-order valence-electron chi connectivity index (χ2n) is 5.96. The number of ether oxygens (including phenoxy) is 1. The lowest BCUT2D eigenvalue weighted by Crippen LogP contribution is -2.30. The van der Waals surface area contributed by atoms with Gasteiger partial charge in [-0.05, 0) is 65.2 Å². The molecule has 2 aliphatic carbocycles. The molecule has 2 saturated carbocycles. The van der Waals surface area contributed by atoms with Crippen LogP contribution in [0.25, 0.3) is 0 Å². The molecular formula is C16H21BrN2O2. The summed E-state index contributed by atoms with van der Waals surface area (Å²) in [7, 11) is 0. The van der Waals surface area contributed by atoms with Crippen LogP contribution in [0.5, 0.6) is 5.75 Å². The number of amides is 1. The maximum absolute atomic E-state index is 11.6. The summed E-state index contributed by atoms with van der Waals surface area (Å²) in [6, 6.07) is 6.71. The van der Waals surface area contributed by atoms with Crippen molar-refractivity contribution in [1.29, 1.82) is 0 Å². The number of benzene rings is 1.